The molecule has 1 aromatic carbocycles. The van der Waals surface area contributed by atoms with Gasteiger partial charge >= 0.3 is 0 Å². The third-order valence-corrected chi connectivity index (χ3v) is 6.68. The molecule has 1 aliphatic heterocycles. The van der Waals surface area contributed by atoms with E-state index in [0.29, 0.717) is 30.0 Å². The summed E-state index contributed by atoms with van der Waals surface area (Å²) in [7, 11) is 0. The minimum Gasteiger partial charge on any atom is -0.488 e. The molecule has 0 radical (unpaired) electrons. The normalized spacial score (nSPS) is 15.1. The molecule has 158 valence electrons. The van der Waals surface area contributed by atoms with Crippen molar-refractivity contribution in [3.63, 3.8) is 0 Å². The Labute approximate surface area is 190 Å². The molecule has 2 aromatic heterocycles. The number of allylic oxidation sites excluding steroid dienone is 1. The van der Waals surface area contributed by atoms with Crippen molar-refractivity contribution in [1.29, 1.82) is 0 Å². The summed E-state index contributed by atoms with van der Waals surface area (Å²) in [4.78, 5) is 29.7. The first-order valence-electron chi connectivity index (χ1n) is 10.1. The van der Waals surface area contributed by atoms with E-state index in [0.717, 1.165) is 32.0 Å². The number of aryl methyl sites for hydroxylation is 1. The predicted octanol–water partition coefficient (Wildman–Crippen LogP) is 6.34. The number of Topliss-reactive ketones (excluding diaryl/α,β-unsaturated/α-hetero) is 1. The molecule has 0 saturated carbocycles. The van der Waals surface area contributed by atoms with Crippen LogP contribution in [-0.2, 0) is 11.2 Å². The fourth-order valence-electron chi connectivity index (χ4n) is 3.62. The van der Waals surface area contributed by atoms with E-state index in [2.05, 4.69) is 11.1 Å². The number of nitrogens with zero attached hydrogens (tertiary/aromatic N) is 1. The zero-order chi connectivity index (χ0) is 22.0. The van der Waals surface area contributed by atoms with Gasteiger partial charge in [0.25, 0.3) is 0 Å². The third kappa shape index (κ3) is 5.12. The number of ether oxygens (including phenoxy) is 1. The SMILES string of the molecule is CC(=O)c1ccc(-c2cc(Cl)c3c(c2)CC(CCC(=O)/C=C/c2cncc(C)c2)O3)s1. The van der Waals surface area contributed by atoms with Crippen molar-refractivity contribution >= 4 is 40.6 Å². The molecule has 0 N–H and O–H groups in total. The maximum Gasteiger partial charge on any atom is 0.169 e. The van der Waals surface area contributed by atoms with Crippen LogP contribution >= 0.6 is 22.9 Å². The molecule has 1 aliphatic rings. The van der Waals surface area contributed by atoms with Gasteiger partial charge in [0.1, 0.15) is 11.9 Å². The molecular formula is C25H22ClNO3S. The number of thiophene rings is 1. The second-order valence-electron chi connectivity index (χ2n) is 7.74. The summed E-state index contributed by atoms with van der Waals surface area (Å²) in [6.07, 6.45) is 8.60. The van der Waals surface area contributed by atoms with Crippen molar-refractivity contribution in [2.45, 2.75) is 39.2 Å². The Bertz CT molecular complexity index is 1180. The summed E-state index contributed by atoms with van der Waals surface area (Å²) < 4.78 is 6.03. The summed E-state index contributed by atoms with van der Waals surface area (Å²) in [6, 6.07) is 9.72. The highest BCUT2D eigenvalue weighted by atomic mass is 35.5. The first-order chi connectivity index (χ1) is 14.9. The fraction of sp³-hybridized carbons (Fsp3) is 0.240. The smallest absolute Gasteiger partial charge is 0.169 e. The number of halogens is 1. The number of carbonyl (C=O) groups is 2. The molecule has 1 atom stereocenters. The number of hydrogen-bond donors (Lipinski definition) is 0. The number of pyridine rings is 1. The van der Waals surface area contributed by atoms with Crippen LogP contribution < -0.4 is 4.74 Å². The number of carbonyl (C=O) groups excluding carboxylic acids is 2. The van der Waals surface area contributed by atoms with Crippen LogP contribution in [0.3, 0.4) is 0 Å². The Hall–Kier alpha value is -2.76. The van der Waals surface area contributed by atoms with Gasteiger partial charge in [0, 0.05) is 35.7 Å². The zero-order valence-corrected chi connectivity index (χ0v) is 18.9. The molecule has 0 spiro atoms. The molecule has 0 fully saturated rings. The van der Waals surface area contributed by atoms with Gasteiger partial charge in [-0.2, -0.15) is 0 Å². The molecule has 0 bridgehead atoms. The van der Waals surface area contributed by atoms with Crippen molar-refractivity contribution in [3.8, 4) is 16.2 Å². The van der Waals surface area contributed by atoms with Gasteiger partial charge in [0.2, 0.25) is 0 Å². The van der Waals surface area contributed by atoms with Crippen molar-refractivity contribution in [2.24, 2.45) is 0 Å². The Morgan fingerprint density at radius 1 is 1.26 bits per heavy atom. The van der Waals surface area contributed by atoms with Crippen molar-refractivity contribution in [2.75, 3.05) is 0 Å². The summed E-state index contributed by atoms with van der Waals surface area (Å²) in [5.74, 6) is 0.820. The Morgan fingerprint density at radius 3 is 2.84 bits per heavy atom. The minimum atomic E-state index is -0.0724. The van der Waals surface area contributed by atoms with Crippen LogP contribution in [0.2, 0.25) is 5.02 Å². The van der Waals surface area contributed by atoms with E-state index in [-0.39, 0.29) is 17.7 Å². The molecule has 0 aliphatic carbocycles. The Kier molecular flexibility index (Phi) is 6.35. The number of hydrogen-bond acceptors (Lipinski definition) is 5. The first kappa shape index (κ1) is 21.5. The lowest BCUT2D eigenvalue weighted by Gasteiger charge is -2.10. The highest BCUT2D eigenvalue weighted by Gasteiger charge is 2.26. The standard InChI is InChI=1S/C25H22ClNO3S/c1-15-9-17(14-27-13-15)3-4-20(29)5-6-21-11-19-10-18(12-22(26)25(19)30-21)24-8-7-23(31-24)16(2)28/h3-4,7-10,12-14,21H,5-6,11H2,1-2H3/b4-3+. The minimum absolute atomic E-state index is 0.0585. The van der Waals surface area contributed by atoms with Crippen LogP contribution in [0.25, 0.3) is 16.5 Å². The topological polar surface area (TPSA) is 56.3 Å². The highest BCUT2D eigenvalue weighted by Crippen LogP contribution is 2.41. The number of benzene rings is 1. The largest absolute Gasteiger partial charge is 0.488 e. The second kappa shape index (κ2) is 9.16. The molecule has 4 nitrogen and oxygen atoms in total. The zero-order valence-electron chi connectivity index (χ0n) is 17.4. The molecule has 1 unspecified atom stereocenters. The van der Waals surface area contributed by atoms with Gasteiger partial charge in [0.05, 0.1) is 9.90 Å². The van der Waals surface area contributed by atoms with E-state index >= 15 is 0 Å². The third-order valence-electron chi connectivity index (χ3n) is 5.16. The molecule has 0 amide bonds. The number of fused-ring (bicyclic) bond motifs is 1. The van der Waals surface area contributed by atoms with E-state index in [4.69, 9.17) is 16.3 Å². The summed E-state index contributed by atoms with van der Waals surface area (Å²) in [5.41, 5.74) is 4.00. The van der Waals surface area contributed by atoms with E-state index in [9.17, 15) is 9.59 Å². The van der Waals surface area contributed by atoms with Crippen LogP contribution in [0.4, 0.5) is 0 Å². The van der Waals surface area contributed by atoms with Crippen LogP contribution in [-0.4, -0.2) is 22.7 Å². The quantitative estimate of drug-likeness (QED) is 0.310. The maximum atomic E-state index is 12.3. The summed E-state index contributed by atoms with van der Waals surface area (Å²) in [6.45, 7) is 3.54. The molecule has 6 heteroatoms. The van der Waals surface area contributed by atoms with E-state index in [1.807, 2.05) is 31.2 Å². The van der Waals surface area contributed by atoms with E-state index in [1.165, 1.54) is 11.3 Å². The van der Waals surface area contributed by atoms with E-state index < -0.39 is 0 Å². The van der Waals surface area contributed by atoms with Gasteiger partial charge in [-0.3, -0.25) is 14.6 Å². The average molecular weight is 452 g/mol. The Morgan fingerprint density at radius 2 is 2.10 bits per heavy atom. The first-order valence-corrected chi connectivity index (χ1v) is 11.3. The van der Waals surface area contributed by atoms with Gasteiger partial charge in [0.15, 0.2) is 11.6 Å². The average Bonchev–Trinajstić information content (AvgIpc) is 3.38. The molecular weight excluding hydrogens is 430 g/mol. The fourth-order valence-corrected chi connectivity index (χ4v) is 4.79. The number of rotatable bonds is 7. The van der Waals surface area contributed by atoms with Gasteiger partial charge in [-0.25, -0.2) is 0 Å². The highest BCUT2D eigenvalue weighted by molar-refractivity contribution is 7.17. The molecule has 0 saturated heterocycles. The summed E-state index contributed by atoms with van der Waals surface area (Å²) >= 11 is 7.94. The van der Waals surface area contributed by atoms with Crippen molar-refractivity contribution < 1.29 is 14.3 Å². The van der Waals surface area contributed by atoms with Crippen LogP contribution in [0.1, 0.15) is 46.1 Å². The lowest BCUT2D eigenvalue weighted by atomic mass is 10.0. The van der Waals surface area contributed by atoms with Gasteiger partial charge in [-0.1, -0.05) is 11.6 Å². The van der Waals surface area contributed by atoms with Crippen LogP contribution in [0.15, 0.2) is 48.8 Å². The summed E-state index contributed by atoms with van der Waals surface area (Å²) in [5, 5.41) is 0.561. The van der Waals surface area contributed by atoms with Gasteiger partial charge in [-0.05, 0) is 79.4 Å². The predicted molar refractivity (Wildman–Crippen MR) is 125 cm³/mol. The Balaban J connectivity index is 1.38. The van der Waals surface area contributed by atoms with Crippen LogP contribution in [0, 0.1) is 6.92 Å². The lowest BCUT2D eigenvalue weighted by molar-refractivity contribution is -0.115. The van der Waals surface area contributed by atoms with Gasteiger partial charge < -0.3 is 4.74 Å². The number of ketones is 2. The molecule has 3 aromatic rings. The van der Waals surface area contributed by atoms with Crippen molar-refractivity contribution in [1.82, 2.24) is 4.98 Å². The molecule has 3 heterocycles. The molecule has 4 rings (SSSR count). The van der Waals surface area contributed by atoms with Crippen LogP contribution in [0.5, 0.6) is 5.75 Å². The second-order valence-corrected chi connectivity index (χ2v) is 9.24. The van der Waals surface area contributed by atoms with E-state index in [1.54, 1.807) is 31.5 Å². The van der Waals surface area contributed by atoms with Gasteiger partial charge in [-0.15, -0.1) is 11.3 Å². The molecule has 31 heavy (non-hydrogen) atoms. The number of aromatic nitrogens is 1. The maximum absolute atomic E-state index is 12.3. The monoisotopic (exact) mass is 451 g/mol. The van der Waals surface area contributed by atoms with Crippen molar-refractivity contribution in [3.05, 3.63) is 75.4 Å². The lowest BCUT2D eigenvalue weighted by Crippen LogP contribution is -2.14.